The van der Waals surface area contributed by atoms with E-state index in [1.165, 1.54) is 0 Å². The normalized spacial score (nSPS) is 10.9. The molecule has 100 valence electrons. The van der Waals surface area contributed by atoms with Crippen molar-refractivity contribution in [2.45, 2.75) is 39.8 Å². The fourth-order valence-corrected chi connectivity index (χ4v) is 1.43. The number of hydrogen-bond donors (Lipinski definition) is 2. The van der Waals surface area contributed by atoms with Crippen molar-refractivity contribution in [3.8, 4) is 0 Å². The topological polar surface area (TPSA) is 50.4 Å². The first kappa shape index (κ1) is 14.4. The Morgan fingerprint density at radius 1 is 1.22 bits per heavy atom. The molecule has 0 saturated heterocycles. The number of anilines is 1. The predicted molar refractivity (Wildman–Crippen MR) is 73.7 cm³/mol. The number of carbonyl (C=O) groups is 1. The molecule has 0 aliphatic carbocycles. The van der Waals surface area contributed by atoms with E-state index in [-0.39, 0.29) is 0 Å². The molecule has 0 radical (unpaired) electrons. The third-order valence-corrected chi connectivity index (χ3v) is 2.17. The monoisotopic (exact) mass is 250 g/mol. The number of amides is 1. The molecular weight excluding hydrogens is 228 g/mol. The smallest absolute Gasteiger partial charge is 0.407 e. The van der Waals surface area contributed by atoms with Crippen LogP contribution in [0.1, 0.15) is 33.3 Å². The molecule has 0 heterocycles. The summed E-state index contributed by atoms with van der Waals surface area (Å²) < 4.78 is 5.16. The fraction of sp³-hybridized carbons (Fsp3) is 0.500. The Labute approximate surface area is 109 Å². The lowest BCUT2D eigenvalue weighted by molar-refractivity contribution is 0.0523. The predicted octanol–water partition coefficient (Wildman–Crippen LogP) is 3.14. The van der Waals surface area contributed by atoms with Gasteiger partial charge in [0.15, 0.2) is 0 Å². The van der Waals surface area contributed by atoms with Crippen LogP contribution in [0.5, 0.6) is 0 Å². The molecule has 0 aromatic heterocycles. The molecule has 1 rings (SSSR count). The van der Waals surface area contributed by atoms with Gasteiger partial charge in [-0.05, 0) is 45.4 Å². The molecule has 1 amide bonds. The van der Waals surface area contributed by atoms with Gasteiger partial charge in [0.1, 0.15) is 5.60 Å². The summed E-state index contributed by atoms with van der Waals surface area (Å²) in [5.74, 6) is 0. The van der Waals surface area contributed by atoms with E-state index >= 15 is 0 Å². The molecule has 2 N–H and O–H groups in total. The van der Waals surface area contributed by atoms with Crippen LogP contribution in [-0.4, -0.2) is 18.2 Å². The van der Waals surface area contributed by atoms with Gasteiger partial charge < -0.3 is 15.4 Å². The maximum atomic E-state index is 11.5. The Bertz CT molecular complexity index is 380. The summed E-state index contributed by atoms with van der Waals surface area (Å²) in [5.41, 5.74) is 1.67. The van der Waals surface area contributed by atoms with E-state index in [1.54, 1.807) is 0 Å². The Morgan fingerprint density at radius 3 is 2.33 bits per heavy atom. The highest BCUT2D eigenvalue weighted by molar-refractivity contribution is 5.67. The first-order valence-corrected chi connectivity index (χ1v) is 6.20. The van der Waals surface area contributed by atoms with Crippen molar-refractivity contribution >= 4 is 11.8 Å². The Balaban J connectivity index is 2.41. The average molecular weight is 250 g/mol. The average Bonchev–Trinajstić information content (AvgIpc) is 2.26. The van der Waals surface area contributed by atoms with Gasteiger partial charge in [0, 0.05) is 18.8 Å². The maximum Gasteiger partial charge on any atom is 0.407 e. The van der Waals surface area contributed by atoms with Crippen LogP contribution < -0.4 is 10.6 Å². The van der Waals surface area contributed by atoms with Crippen LogP contribution in [-0.2, 0) is 11.3 Å². The molecule has 1 aromatic carbocycles. The van der Waals surface area contributed by atoms with Crippen molar-refractivity contribution in [3.05, 3.63) is 29.8 Å². The van der Waals surface area contributed by atoms with Gasteiger partial charge in [-0.2, -0.15) is 0 Å². The Hall–Kier alpha value is -1.71. The van der Waals surface area contributed by atoms with Crippen molar-refractivity contribution in [3.63, 3.8) is 0 Å². The molecule has 0 aliphatic heterocycles. The minimum Gasteiger partial charge on any atom is -0.444 e. The van der Waals surface area contributed by atoms with Crippen molar-refractivity contribution in [2.75, 3.05) is 11.9 Å². The van der Waals surface area contributed by atoms with Crippen molar-refractivity contribution in [1.29, 1.82) is 0 Å². The number of hydrogen-bond acceptors (Lipinski definition) is 3. The zero-order valence-electron chi connectivity index (χ0n) is 11.5. The Morgan fingerprint density at radius 2 is 1.83 bits per heavy atom. The molecule has 18 heavy (non-hydrogen) atoms. The molecule has 0 atom stereocenters. The van der Waals surface area contributed by atoms with Crippen LogP contribution in [0, 0.1) is 0 Å². The highest BCUT2D eigenvalue weighted by Gasteiger charge is 2.15. The van der Waals surface area contributed by atoms with Crippen LogP contribution in [0.4, 0.5) is 10.5 Å². The molecule has 0 aliphatic rings. The molecule has 4 heteroatoms. The number of nitrogens with one attached hydrogen (secondary N) is 2. The van der Waals surface area contributed by atoms with Gasteiger partial charge in [-0.3, -0.25) is 0 Å². The Kier molecular flexibility index (Phi) is 5.01. The van der Waals surface area contributed by atoms with Gasteiger partial charge in [-0.25, -0.2) is 4.79 Å². The molecule has 0 spiro atoms. The van der Waals surface area contributed by atoms with E-state index in [9.17, 15) is 4.79 Å². The lowest BCUT2D eigenvalue weighted by atomic mass is 10.2. The van der Waals surface area contributed by atoms with Gasteiger partial charge >= 0.3 is 6.09 Å². The van der Waals surface area contributed by atoms with Crippen molar-refractivity contribution in [1.82, 2.24) is 5.32 Å². The molecule has 0 bridgehead atoms. The molecule has 0 fully saturated rings. The van der Waals surface area contributed by atoms with Gasteiger partial charge in [0.25, 0.3) is 0 Å². The van der Waals surface area contributed by atoms with Crippen LogP contribution >= 0.6 is 0 Å². The van der Waals surface area contributed by atoms with Gasteiger partial charge in [-0.15, -0.1) is 0 Å². The number of alkyl carbamates (subject to hydrolysis) is 1. The van der Waals surface area contributed by atoms with Crippen molar-refractivity contribution < 1.29 is 9.53 Å². The van der Waals surface area contributed by atoms with Crippen molar-refractivity contribution in [2.24, 2.45) is 0 Å². The number of carbonyl (C=O) groups excluding carboxylic acids is 1. The summed E-state index contributed by atoms with van der Waals surface area (Å²) in [6.07, 6.45) is -0.391. The van der Waals surface area contributed by atoms with Gasteiger partial charge in [-0.1, -0.05) is 12.1 Å². The summed E-state index contributed by atoms with van der Waals surface area (Å²) in [5, 5.41) is 5.94. The largest absolute Gasteiger partial charge is 0.444 e. The number of rotatable bonds is 4. The summed E-state index contributed by atoms with van der Waals surface area (Å²) in [6, 6.07) is 7.95. The summed E-state index contributed by atoms with van der Waals surface area (Å²) in [6.45, 7) is 8.96. The van der Waals surface area contributed by atoms with E-state index in [4.69, 9.17) is 4.74 Å². The lowest BCUT2D eigenvalue weighted by Crippen LogP contribution is -2.32. The highest BCUT2D eigenvalue weighted by atomic mass is 16.6. The number of benzene rings is 1. The van der Waals surface area contributed by atoms with Crippen LogP contribution in [0.2, 0.25) is 0 Å². The second kappa shape index (κ2) is 6.28. The van der Waals surface area contributed by atoms with Crippen LogP contribution in [0.25, 0.3) is 0 Å². The SMILES string of the molecule is CCNc1ccc(CNC(=O)OC(C)(C)C)cc1. The van der Waals surface area contributed by atoms with Crippen LogP contribution in [0.3, 0.4) is 0 Å². The summed E-state index contributed by atoms with van der Waals surface area (Å²) >= 11 is 0. The standard InChI is InChI=1S/C14H22N2O2/c1-5-15-12-8-6-11(7-9-12)10-16-13(17)18-14(2,3)4/h6-9,15H,5,10H2,1-4H3,(H,16,17). The van der Waals surface area contributed by atoms with E-state index in [0.717, 1.165) is 17.8 Å². The molecule has 0 unspecified atom stereocenters. The highest BCUT2D eigenvalue weighted by Crippen LogP contribution is 2.10. The van der Waals surface area contributed by atoms with E-state index in [0.29, 0.717) is 6.54 Å². The van der Waals surface area contributed by atoms with Crippen LogP contribution in [0.15, 0.2) is 24.3 Å². The lowest BCUT2D eigenvalue weighted by Gasteiger charge is -2.19. The first-order chi connectivity index (χ1) is 8.40. The zero-order valence-corrected chi connectivity index (χ0v) is 11.5. The second-order valence-electron chi connectivity index (χ2n) is 5.08. The summed E-state index contributed by atoms with van der Waals surface area (Å²) in [7, 11) is 0. The third-order valence-electron chi connectivity index (χ3n) is 2.17. The minimum absolute atomic E-state index is 0.391. The number of ether oxygens (including phenoxy) is 1. The van der Waals surface area contributed by atoms with Gasteiger partial charge in [0.05, 0.1) is 0 Å². The molecular formula is C14H22N2O2. The van der Waals surface area contributed by atoms with E-state index in [1.807, 2.05) is 45.0 Å². The maximum absolute atomic E-state index is 11.5. The van der Waals surface area contributed by atoms with E-state index < -0.39 is 11.7 Å². The fourth-order valence-electron chi connectivity index (χ4n) is 1.43. The summed E-state index contributed by atoms with van der Waals surface area (Å²) in [4.78, 5) is 11.5. The second-order valence-corrected chi connectivity index (χ2v) is 5.08. The zero-order chi connectivity index (χ0) is 13.6. The van der Waals surface area contributed by atoms with E-state index in [2.05, 4.69) is 17.6 Å². The molecule has 1 aromatic rings. The minimum atomic E-state index is -0.459. The quantitative estimate of drug-likeness (QED) is 0.863. The molecule has 4 nitrogen and oxygen atoms in total. The third kappa shape index (κ3) is 5.57. The molecule has 0 saturated carbocycles. The first-order valence-electron chi connectivity index (χ1n) is 6.20. The van der Waals surface area contributed by atoms with Gasteiger partial charge in [0.2, 0.25) is 0 Å².